The van der Waals surface area contributed by atoms with Gasteiger partial charge in [0.15, 0.2) is 0 Å². The van der Waals surface area contributed by atoms with Gasteiger partial charge < -0.3 is 0 Å². The van der Waals surface area contributed by atoms with Crippen molar-refractivity contribution < 1.29 is 9.72 Å². The lowest BCUT2D eigenvalue weighted by molar-refractivity contribution is -0.521. The molecule has 0 radical (unpaired) electrons. The van der Waals surface area contributed by atoms with Crippen molar-refractivity contribution in [3.05, 3.63) is 81.9 Å². The van der Waals surface area contributed by atoms with Crippen LogP contribution in [-0.4, -0.2) is 16.2 Å². The normalized spacial score (nSPS) is 24.1. The SMILES string of the molecule is O=C(c1ccccc1)[C@]1([N+](=O)[O-])CC1c1ccccc1. The Morgan fingerprint density at radius 3 is 2.15 bits per heavy atom. The second-order valence-corrected chi connectivity index (χ2v) is 5.04. The van der Waals surface area contributed by atoms with Gasteiger partial charge in [0.2, 0.25) is 5.78 Å². The smallest absolute Gasteiger partial charge is 0.286 e. The molecule has 0 N–H and O–H groups in total. The van der Waals surface area contributed by atoms with Crippen LogP contribution in [-0.2, 0) is 0 Å². The summed E-state index contributed by atoms with van der Waals surface area (Å²) >= 11 is 0. The summed E-state index contributed by atoms with van der Waals surface area (Å²) in [6.07, 6.45) is 0.276. The molecule has 0 saturated heterocycles. The van der Waals surface area contributed by atoms with Crippen LogP contribution in [0.5, 0.6) is 0 Å². The van der Waals surface area contributed by atoms with Crippen molar-refractivity contribution in [3.8, 4) is 0 Å². The van der Waals surface area contributed by atoms with E-state index >= 15 is 0 Å². The number of rotatable bonds is 4. The summed E-state index contributed by atoms with van der Waals surface area (Å²) in [5.41, 5.74) is -0.223. The van der Waals surface area contributed by atoms with Crippen LogP contribution in [0.4, 0.5) is 0 Å². The van der Waals surface area contributed by atoms with Gasteiger partial charge in [-0.25, -0.2) is 0 Å². The van der Waals surface area contributed by atoms with Crippen LogP contribution in [0.15, 0.2) is 60.7 Å². The number of carbonyl (C=O) groups is 1. The largest absolute Gasteiger partial charge is 0.291 e. The van der Waals surface area contributed by atoms with Crippen LogP contribution < -0.4 is 0 Å². The molecular weight excluding hydrogens is 254 g/mol. The minimum Gasteiger partial charge on any atom is -0.286 e. The molecule has 20 heavy (non-hydrogen) atoms. The standard InChI is InChI=1S/C16H13NO3/c18-15(13-9-5-2-6-10-13)16(17(19)20)11-14(16)12-7-3-1-4-8-12/h1-10,14H,11H2/t14?,16-/m0/s1. The molecule has 0 aliphatic heterocycles. The van der Waals surface area contributed by atoms with E-state index in [-0.39, 0.29) is 12.3 Å². The molecule has 2 aromatic rings. The van der Waals surface area contributed by atoms with Gasteiger partial charge in [-0.1, -0.05) is 60.7 Å². The minimum absolute atomic E-state index is 0.276. The number of hydrogen-bond donors (Lipinski definition) is 0. The van der Waals surface area contributed by atoms with Crippen LogP contribution in [0.25, 0.3) is 0 Å². The lowest BCUT2D eigenvalue weighted by Gasteiger charge is -2.08. The van der Waals surface area contributed by atoms with Crippen LogP contribution >= 0.6 is 0 Å². The number of hydrogen-bond acceptors (Lipinski definition) is 3. The third kappa shape index (κ3) is 1.81. The average Bonchev–Trinajstić information content (AvgIpc) is 3.25. The molecule has 1 saturated carbocycles. The number of Topliss-reactive ketones (excluding diaryl/α,β-unsaturated/α-hetero) is 1. The average molecular weight is 267 g/mol. The van der Waals surface area contributed by atoms with E-state index in [4.69, 9.17) is 0 Å². The molecule has 0 bridgehead atoms. The van der Waals surface area contributed by atoms with Gasteiger partial charge in [-0.05, 0) is 5.56 Å². The first kappa shape index (κ1) is 12.5. The van der Waals surface area contributed by atoms with Crippen LogP contribution in [0.1, 0.15) is 28.3 Å². The van der Waals surface area contributed by atoms with Crippen molar-refractivity contribution >= 4 is 5.78 Å². The highest BCUT2D eigenvalue weighted by Crippen LogP contribution is 2.55. The molecule has 1 fully saturated rings. The van der Waals surface area contributed by atoms with E-state index < -0.39 is 16.2 Å². The minimum atomic E-state index is -1.48. The molecule has 4 nitrogen and oxygen atoms in total. The number of nitro groups is 1. The molecule has 1 aliphatic carbocycles. The van der Waals surface area contributed by atoms with Crippen molar-refractivity contribution in [2.75, 3.05) is 0 Å². The molecule has 100 valence electrons. The Bertz CT molecular complexity index is 654. The van der Waals surface area contributed by atoms with Crippen LogP contribution in [0.3, 0.4) is 0 Å². The van der Waals surface area contributed by atoms with Gasteiger partial charge in [-0.3, -0.25) is 14.9 Å². The number of carbonyl (C=O) groups excluding carboxylic acids is 1. The molecule has 1 aliphatic rings. The van der Waals surface area contributed by atoms with E-state index in [1.165, 1.54) is 0 Å². The summed E-state index contributed by atoms with van der Waals surface area (Å²) in [5.74, 6) is -0.719. The summed E-state index contributed by atoms with van der Waals surface area (Å²) in [4.78, 5) is 23.6. The molecular formula is C16H13NO3. The topological polar surface area (TPSA) is 60.2 Å². The van der Waals surface area contributed by atoms with Crippen molar-refractivity contribution in [2.45, 2.75) is 17.9 Å². The summed E-state index contributed by atoms with van der Waals surface area (Å²) < 4.78 is 0. The summed E-state index contributed by atoms with van der Waals surface area (Å²) in [7, 11) is 0. The molecule has 2 atom stereocenters. The van der Waals surface area contributed by atoms with Crippen molar-refractivity contribution in [1.82, 2.24) is 0 Å². The molecule has 1 unspecified atom stereocenters. The van der Waals surface area contributed by atoms with E-state index in [9.17, 15) is 14.9 Å². The van der Waals surface area contributed by atoms with E-state index in [2.05, 4.69) is 0 Å². The quantitative estimate of drug-likeness (QED) is 0.486. The van der Waals surface area contributed by atoms with E-state index in [0.29, 0.717) is 5.56 Å². The van der Waals surface area contributed by atoms with Gasteiger partial charge in [0.1, 0.15) is 0 Å². The van der Waals surface area contributed by atoms with Crippen molar-refractivity contribution in [2.24, 2.45) is 0 Å². The first-order valence-electron chi connectivity index (χ1n) is 6.45. The molecule has 0 amide bonds. The fourth-order valence-corrected chi connectivity index (χ4v) is 2.71. The maximum atomic E-state index is 12.5. The Kier molecular flexibility index (Phi) is 2.86. The fraction of sp³-hybridized carbons (Fsp3) is 0.188. The maximum Gasteiger partial charge on any atom is 0.291 e. The Morgan fingerprint density at radius 2 is 1.60 bits per heavy atom. The maximum absolute atomic E-state index is 12.5. The Balaban J connectivity index is 1.97. The third-order valence-corrected chi connectivity index (χ3v) is 3.89. The zero-order valence-electron chi connectivity index (χ0n) is 10.7. The van der Waals surface area contributed by atoms with E-state index in [1.54, 1.807) is 30.3 Å². The number of benzene rings is 2. The molecule has 0 heterocycles. The zero-order valence-corrected chi connectivity index (χ0v) is 10.7. The predicted molar refractivity (Wildman–Crippen MR) is 74.3 cm³/mol. The number of ketones is 1. The van der Waals surface area contributed by atoms with Crippen LogP contribution in [0.2, 0.25) is 0 Å². The lowest BCUT2D eigenvalue weighted by atomic mass is 9.98. The Morgan fingerprint density at radius 1 is 1.05 bits per heavy atom. The monoisotopic (exact) mass is 267 g/mol. The fourth-order valence-electron chi connectivity index (χ4n) is 2.71. The van der Waals surface area contributed by atoms with Crippen LogP contribution in [0, 0.1) is 10.1 Å². The molecule has 0 spiro atoms. The molecule has 2 aromatic carbocycles. The highest BCUT2D eigenvalue weighted by atomic mass is 16.6. The van der Waals surface area contributed by atoms with Crippen molar-refractivity contribution in [1.29, 1.82) is 0 Å². The highest BCUT2D eigenvalue weighted by Gasteiger charge is 2.72. The van der Waals surface area contributed by atoms with Gasteiger partial charge in [-0.2, -0.15) is 0 Å². The molecule has 3 rings (SSSR count). The zero-order chi connectivity index (χ0) is 14.2. The van der Waals surface area contributed by atoms with E-state index in [0.717, 1.165) is 5.56 Å². The highest BCUT2D eigenvalue weighted by molar-refractivity contribution is 6.05. The second-order valence-electron chi connectivity index (χ2n) is 5.04. The van der Waals surface area contributed by atoms with Gasteiger partial charge in [0.25, 0.3) is 5.54 Å². The van der Waals surface area contributed by atoms with Crippen molar-refractivity contribution in [3.63, 3.8) is 0 Å². The van der Waals surface area contributed by atoms with Gasteiger partial charge in [0.05, 0.1) is 5.92 Å². The third-order valence-electron chi connectivity index (χ3n) is 3.89. The molecule has 0 aromatic heterocycles. The predicted octanol–water partition coefficient (Wildman–Crippen LogP) is 3.07. The molecule has 4 heteroatoms. The Labute approximate surface area is 116 Å². The first-order valence-corrected chi connectivity index (χ1v) is 6.45. The van der Waals surface area contributed by atoms with Gasteiger partial charge in [-0.15, -0.1) is 0 Å². The Hall–Kier alpha value is -2.49. The van der Waals surface area contributed by atoms with E-state index in [1.807, 2.05) is 30.3 Å². The summed E-state index contributed by atoms with van der Waals surface area (Å²) in [6.45, 7) is 0. The summed E-state index contributed by atoms with van der Waals surface area (Å²) in [6, 6.07) is 17.7. The van der Waals surface area contributed by atoms with Gasteiger partial charge >= 0.3 is 0 Å². The van der Waals surface area contributed by atoms with Gasteiger partial charge in [0, 0.05) is 16.9 Å². The second kappa shape index (κ2) is 4.56. The first-order chi connectivity index (χ1) is 9.66. The lowest BCUT2D eigenvalue weighted by Crippen LogP contribution is -2.34. The summed E-state index contributed by atoms with van der Waals surface area (Å²) in [5, 5.41) is 11.5. The number of nitrogens with zero attached hydrogens (tertiary/aromatic N) is 1.